The van der Waals surface area contributed by atoms with Crippen molar-refractivity contribution in [3.8, 4) is 0 Å². The molecule has 0 atom stereocenters. The Hall–Kier alpha value is -3.09. The standard InChI is InChI=1S/C15H19N5O2/c1-22-15(21)20-9-11(16)7-13(18)14(19)8-12(17)10-5-3-2-4-6-10/h2-8,17-18H,9,16,19H2,1H3,(H,20,21)/b11-7-,14-8-,17-12?,18-13?. The van der Waals surface area contributed by atoms with Crippen molar-refractivity contribution in [2.24, 2.45) is 11.5 Å². The number of methoxy groups -OCH3 is 1. The van der Waals surface area contributed by atoms with E-state index in [2.05, 4.69) is 10.1 Å². The van der Waals surface area contributed by atoms with Crippen LogP contribution in [-0.4, -0.2) is 31.2 Å². The summed E-state index contributed by atoms with van der Waals surface area (Å²) in [6.07, 6.45) is 2.09. The smallest absolute Gasteiger partial charge is 0.407 e. The Balaban J connectivity index is 2.69. The minimum Gasteiger partial charge on any atom is -0.453 e. The van der Waals surface area contributed by atoms with Gasteiger partial charge in [-0.3, -0.25) is 5.41 Å². The quantitative estimate of drug-likeness (QED) is 0.502. The molecule has 1 aromatic rings. The molecule has 1 aromatic carbocycles. The number of hydrogen-bond acceptors (Lipinski definition) is 6. The molecule has 0 bridgehead atoms. The van der Waals surface area contributed by atoms with Crippen LogP contribution in [0.5, 0.6) is 0 Å². The normalized spacial score (nSPS) is 11.7. The van der Waals surface area contributed by atoms with Crippen LogP contribution in [0.4, 0.5) is 4.79 Å². The second-order valence-electron chi connectivity index (χ2n) is 4.36. The molecule has 7 nitrogen and oxygen atoms in total. The molecule has 22 heavy (non-hydrogen) atoms. The van der Waals surface area contributed by atoms with E-state index >= 15 is 0 Å². The van der Waals surface area contributed by atoms with Gasteiger partial charge in [-0.15, -0.1) is 0 Å². The minimum atomic E-state index is -0.614. The molecule has 1 amide bonds. The number of hydrogen-bond donors (Lipinski definition) is 5. The largest absolute Gasteiger partial charge is 0.453 e. The zero-order valence-electron chi connectivity index (χ0n) is 12.2. The summed E-state index contributed by atoms with van der Waals surface area (Å²) in [5, 5.41) is 18.1. The van der Waals surface area contributed by atoms with E-state index in [1.54, 1.807) is 12.1 Å². The molecule has 7 N–H and O–H groups in total. The summed E-state index contributed by atoms with van der Waals surface area (Å²) in [4.78, 5) is 10.9. The average molecular weight is 301 g/mol. The number of nitrogens with two attached hydrogens (primary N) is 2. The average Bonchev–Trinajstić information content (AvgIpc) is 2.53. The fraction of sp³-hybridized carbons (Fsp3) is 0.133. The van der Waals surface area contributed by atoms with Crippen molar-refractivity contribution >= 4 is 17.5 Å². The van der Waals surface area contributed by atoms with Crippen LogP contribution in [-0.2, 0) is 4.74 Å². The van der Waals surface area contributed by atoms with Gasteiger partial charge in [-0.1, -0.05) is 30.3 Å². The van der Waals surface area contributed by atoms with Crippen molar-refractivity contribution in [2.75, 3.05) is 13.7 Å². The third kappa shape index (κ3) is 5.49. The first-order valence-electron chi connectivity index (χ1n) is 6.42. The first-order valence-corrected chi connectivity index (χ1v) is 6.42. The van der Waals surface area contributed by atoms with E-state index in [9.17, 15) is 4.79 Å². The second-order valence-corrected chi connectivity index (χ2v) is 4.36. The van der Waals surface area contributed by atoms with Crippen LogP contribution in [0, 0.1) is 10.8 Å². The molecule has 0 saturated heterocycles. The summed E-state index contributed by atoms with van der Waals surface area (Å²) in [6, 6.07) is 9.04. The van der Waals surface area contributed by atoms with Gasteiger partial charge in [0.05, 0.1) is 30.8 Å². The first kappa shape index (κ1) is 17.0. The molecule has 0 heterocycles. The van der Waals surface area contributed by atoms with Gasteiger partial charge >= 0.3 is 6.09 Å². The molecule has 0 aliphatic rings. The Morgan fingerprint density at radius 2 is 1.86 bits per heavy atom. The Morgan fingerprint density at radius 1 is 1.23 bits per heavy atom. The van der Waals surface area contributed by atoms with Crippen molar-refractivity contribution in [1.29, 1.82) is 10.8 Å². The zero-order chi connectivity index (χ0) is 16.5. The maximum atomic E-state index is 10.9. The van der Waals surface area contributed by atoms with E-state index in [1.165, 1.54) is 19.3 Å². The van der Waals surface area contributed by atoms with E-state index in [1.807, 2.05) is 18.2 Å². The lowest BCUT2D eigenvalue weighted by atomic mass is 10.1. The SMILES string of the molecule is COC(=O)NC/C(N)=C/C(=N)/C(N)=C/C(=N)c1ccccc1. The number of benzene rings is 1. The predicted octanol–water partition coefficient (Wildman–Crippen LogP) is 1.12. The molecule has 116 valence electrons. The zero-order valence-corrected chi connectivity index (χ0v) is 12.2. The van der Waals surface area contributed by atoms with Crippen molar-refractivity contribution in [1.82, 2.24) is 5.32 Å². The lowest BCUT2D eigenvalue weighted by molar-refractivity contribution is 0.172. The predicted molar refractivity (Wildman–Crippen MR) is 85.9 cm³/mol. The van der Waals surface area contributed by atoms with Gasteiger partial charge in [0.15, 0.2) is 0 Å². The summed E-state index contributed by atoms with van der Waals surface area (Å²) in [5.41, 5.74) is 12.7. The highest BCUT2D eigenvalue weighted by molar-refractivity contribution is 6.14. The van der Waals surface area contributed by atoms with Gasteiger partial charge < -0.3 is 26.9 Å². The van der Waals surface area contributed by atoms with E-state index in [0.717, 1.165) is 0 Å². The molecule has 0 spiro atoms. The Bertz CT molecular complexity index is 620. The van der Waals surface area contributed by atoms with Gasteiger partial charge in [-0.05, 0) is 17.7 Å². The van der Waals surface area contributed by atoms with E-state index < -0.39 is 6.09 Å². The van der Waals surface area contributed by atoms with Crippen molar-refractivity contribution < 1.29 is 9.53 Å². The topological polar surface area (TPSA) is 138 Å². The highest BCUT2D eigenvalue weighted by Crippen LogP contribution is 2.03. The Labute approximate surface area is 128 Å². The molecule has 0 radical (unpaired) electrons. The van der Waals surface area contributed by atoms with E-state index in [-0.39, 0.29) is 29.4 Å². The van der Waals surface area contributed by atoms with Crippen LogP contribution < -0.4 is 16.8 Å². The Morgan fingerprint density at radius 3 is 2.45 bits per heavy atom. The lowest BCUT2D eigenvalue weighted by Gasteiger charge is -2.05. The third-order valence-electron chi connectivity index (χ3n) is 2.65. The molecular formula is C15H19N5O2. The van der Waals surface area contributed by atoms with Crippen LogP contribution in [0.25, 0.3) is 0 Å². The van der Waals surface area contributed by atoms with Gasteiger partial charge in [0.25, 0.3) is 0 Å². The van der Waals surface area contributed by atoms with Crippen LogP contribution >= 0.6 is 0 Å². The van der Waals surface area contributed by atoms with Crippen LogP contribution in [0.2, 0.25) is 0 Å². The molecule has 0 aromatic heterocycles. The van der Waals surface area contributed by atoms with Crippen LogP contribution in [0.1, 0.15) is 5.56 Å². The monoisotopic (exact) mass is 301 g/mol. The summed E-state index contributed by atoms with van der Waals surface area (Å²) < 4.78 is 4.40. The maximum absolute atomic E-state index is 10.9. The maximum Gasteiger partial charge on any atom is 0.407 e. The summed E-state index contributed by atoms with van der Waals surface area (Å²) in [5.74, 6) is 0. The van der Waals surface area contributed by atoms with E-state index in [4.69, 9.17) is 22.3 Å². The highest BCUT2D eigenvalue weighted by Gasteiger charge is 2.04. The summed E-state index contributed by atoms with van der Waals surface area (Å²) in [7, 11) is 1.24. The molecular weight excluding hydrogens is 282 g/mol. The Kier molecular flexibility index (Phi) is 6.36. The highest BCUT2D eigenvalue weighted by atomic mass is 16.5. The summed E-state index contributed by atoms with van der Waals surface area (Å²) in [6.45, 7) is 0.0401. The van der Waals surface area contributed by atoms with Crippen molar-refractivity contribution in [3.05, 3.63) is 59.4 Å². The number of rotatable bonds is 6. The first-order chi connectivity index (χ1) is 10.4. The molecule has 0 fully saturated rings. The molecule has 7 heteroatoms. The third-order valence-corrected chi connectivity index (χ3v) is 2.65. The number of carbonyl (C=O) groups is 1. The number of carbonyl (C=O) groups excluding carboxylic acids is 1. The van der Waals surface area contributed by atoms with Gasteiger partial charge in [0.1, 0.15) is 0 Å². The minimum absolute atomic E-state index is 0.0372. The number of ether oxygens (including phenoxy) is 1. The summed E-state index contributed by atoms with van der Waals surface area (Å²) >= 11 is 0. The lowest BCUT2D eigenvalue weighted by Crippen LogP contribution is -2.28. The van der Waals surface area contributed by atoms with Crippen LogP contribution in [0.3, 0.4) is 0 Å². The molecule has 0 saturated carbocycles. The second kappa shape index (κ2) is 8.25. The van der Waals surface area contributed by atoms with Gasteiger partial charge in [-0.25, -0.2) is 4.79 Å². The number of alkyl carbamates (subject to hydrolysis) is 1. The van der Waals surface area contributed by atoms with Crippen molar-refractivity contribution in [2.45, 2.75) is 0 Å². The molecule has 0 aliphatic heterocycles. The van der Waals surface area contributed by atoms with Crippen molar-refractivity contribution in [3.63, 3.8) is 0 Å². The molecule has 0 unspecified atom stereocenters. The molecule has 1 rings (SSSR count). The van der Waals surface area contributed by atoms with Gasteiger partial charge in [-0.2, -0.15) is 0 Å². The van der Waals surface area contributed by atoms with Gasteiger partial charge in [0.2, 0.25) is 0 Å². The number of amides is 1. The van der Waals surface area contributed by atoms with Crippen LogP contribution in [0.15, 0.2) is 53.9 Å². The van der Waals surface area contributed by atoms with E-state index in [0.29, 0.717) is 5.56 Å². The fourth-order valence-corrected chi connectivity index (χ4v) is 1.50. The van der Waals surface area contributed by atoms with Gasteiger partial charge in [0, 0.05) is 5.70 Å². The molecule has 0 aliphatic carbocycles. The number of nitrogens with one attached hydrogen (secondary N) is 3. The fourth-order valence-electron chi connectivity index (χ4n) is 1.50. The number of allylic oxidation sites excluding steroid dienone is 2.